The topological polar surface area (TPSA) is 87.3 Å². The summed E-state index contributed by atoms with van der Waals surface area (Å²) in [7, 11) is -3.43. The minimum atomic E-state index is -3.43. The maximum Gasteiger partial charge on any atom is 0.227 e. The van der Waals surface area contributed by atoms with E-state index in [1.165, 1.54) is 0 Å². The second-order valence-corrected chi connectivity index (χ2v) is 9.23. The van der Waals surface area contributed by atoms with Gasteiger partial charge in [-0.2, -0.15) is 0 Å². The zero-order valence-electron chi connectivity index (χ0n) is 15.1. The molecule has 25 heavy (non-hydrogen) atoms. The molecule has 0 spiro atoms. The predicted octanol–water partition coefficient (Wildman–Crippen LogP) is 2.12. The molecule has 1 unspecified atom stereocenters. The minimum absolute atomic E-state index is 0. The minimum Gasteiger partial charge on any atom is -0.326 e. The molecule has 1 saturated heterocycles. The van der Waals surface area contributed by atoms with Gasteiger partial charge in [-0.3, -0.25) is 4.79 Å². The molecule has 8 heteroatoms. The van der Waals surface area contributed by atoms with E-state index in [0.29, 0.717) is 17.2 Å². The number of anilines is 1. The Labute approximate surface area is 156 Å². The zero-order chi connectivity index (χ0) is 18.0. The van der Waals surface area contributed by atoms with E-state index in [1.54, 1.807) is 45.0 Å². The van der Waals surface area contributed by atoms with E-state index in [-0.39, 0.29) is 30.0 Å². The first-order chi connectivity index (χ1) is 11.1. The van der Waals surface area contributed by atoms with Crippen LogP contribution < -0.4 is 15.4 Å². The zero-order valence-corrected chi connectivity index (χ0v) is 16.8. The van der Waals surface area contributed by atoms with Crippen LogP contribution in [-0.4, -0.2) is 33.0 Å². The third-order valence-corrected chi connectivity index (χ3v) is 5.58. The van der Waals surface area contributed by atoms with E-state index in [1.807, 2.05) is 6.92 Å². The molecule has 1 aliphatic heterocycles. The molecule has 1 heterocycles. The van der Waals surface area contributed by atoms with Gasteiger partial charge in [0.05, 0.1) is 5.75 Å². The lowest BCUT2D eigenvalue weighted by Crippen LogP contribution is -2.48. The van der Waals surface area contributed by atoms with E-state index < -0.39 is 15.6 Å². The number of carbonyl (C=O) groups excluding carboxylic acids is 1. The maximum absolute atomic E-state index is 12.3. The highest BCUT2D eigenvalue weighted by atomic mass is 35.5. The Balaban J connectivity index is 0.00000312. The Morgan fingerprint density at radius 1 is 1.32 bits per heavy atom. The summed E-state index contributed by atoms with van der Waals surface area (Å²) in [5, 5.41) is 6.04. The molecule has 1 aromatic carbocycles. The van der Waals surface area contributed by atoms with Crippen molar-refractivity contribution in [2.24, 2.45) is 11.8 Å². The largest absolute Gasteiger partial charge is 0.326 e. The molecule has 2 rings (SSSR count). The second kappa shape index (κ2) is 8.49. The summed E-state index contributed by atoms with van der Waals surface area (Å²) in [6.07, 6.45) is 0. The fourth-order valence-electron chi connectivity index (χ4n) is 2.60. The van der Waals surface area contributed by atoms with Crippen molar-refractivity contribution in [1.82, 2.24) is 10.0 Å². The van der Waals surface area contributed by atoms with Crippen LogP contribution in [0.5, 0.6) is 0 Å². The third kappa shape index (κ3) is 6.93. The average Bonchev–Trinajstić information content (AvgIpc) is 2.32. The van der Waals surface area contributed by atoms with E-state index in [2.05, 4.69) is 15.4 Å². The van der Waals surface area contributed by atoms with Crippen molar-refractivity contribution >= 4 is 34.0 Å². The highest BCUT2D eigenvalue weighted by Crippen LogP contribution is 2.19. The number of benzene rings is 1. The van der Waals surface area contributed by atoms with Gasteiger partial charge in [-0.1, -0.05) is 19.1 Å². The van der Waals surface area contributed by atoms with Crippen LogP contribution in [0.2, 0.25) is 0 Å². The summed E-state index contributed by atoms with van der Waals surface area (Å²) < 4.78 is 27.0. The van der Waals surface area contributed by atoms with Crippen molar-refractivity contribution in [3.05, 3.63) is 29.8 Å². The molecule has 1 atom stereocenters. The predicted molar refractivity (Wildman–Crippen MR) is 103 cm³/mol. The summed E-state index contributed by atoms with van der Waals surface area (Å²) in [6, 6.07) is 6.99. The van der Waals surface area contributed by atoms with Gasteiger partial charge in [0.25, 0.3) is 0 Å². The number of hydrogen-bond acceptors (Lipinski definition) is 4. The lowest BCUT2D eigenvalue weighted by atomic mass is 9.88. The average molecular weight is 390 g/mol. The smallest absolute Gasteiger partial charge is 0.227 e. The summed E-state index contributed by atoms with van der Waals surface area (Å²) in [4.78, 5) is 12.3. The number of sulfonamides is 1. The van der Waals surface area contributed by atoms with Crippen LogP contribution in [0, 0.1) is 11.8 Å². The third-order valence-electron chi connectivity index (χ3n) is 3.95. The number of carbonyl (C=O) groups is 1. The lowest BCUT2D eigenvalue weighted by molar-refractivity contribution is -0.121. The van der Waals surface area contributed by atoms with Crippen LogP contribution in [0.3, 0.4) is 0 Å². The molecule has 1 fully saturated rings. The molecule has 0 bridgehead atoms. The molecular formula is C17H28ClN3O3S. The van der Waals surface area contributed by atoms with Crippen molar-refractivity contribution in [2.45, 2.75) is 39.0 Å². The van der Waals surface area contributed by atoms with E-state index in [0.717, 1.165) is 13.1 Å². The lowest BCUT2D eigenvalue weighted by Gasteiger charge is -2.31. The summed E-state index contributed by atoms with van der Waals surface area (Å²) in [5.74, 6) is 0.149. The molecular weight excluding hydrogens is 362 g/mol. The van der Waals surface area contributed by atoms with Crippen LogP contribution in [0.4, 0.5) is 5.69 Å². The van der Waals surface area contributed by atoms with Gasteiger partial charge in [0.1, 0.15) is 0 Å². The molecule has 0 radical (unpaired) electrons. The van der Waals surface area contributed by atoms with Gasteiger partial charge in [0.2, 0.25) is 15.9 Å². The quantitative estimate of drug-likeness (QED) is 0.695. The monoisotopic (exact) mass is 389 g/mol. The number of amides is 1. The van der Waals surface area contributed by atoms with Crippen molar-refractivity contribution in [2.75, 3.05) is 18.4 Å². The molecule has 1 aliphatic rings. The molecule has 142 valence electrons. The van der Waals surface area contributed by atoms with Gasteiger partial charge >= 0.3 is 0 Å². The van der Waals surface area contributed by atoms with E-state index >= 15 is 0 Å². The van der Waals surface area contributed by atoms with Gasteiger partial charge in [-0.25, -0.2) is 13.1 Å². The summed E-state index contributed by atoms with van der Waals surface area (Å²) >= 11 is 0. The van der Waals surface area contributed by atoms with Gasteiger partial charge < -0.3 is 10.6 Å². The Morgan fingerprint density at radius 3 is 2.48 bits per heavy atom. The Bertz CT molecular complexity index is 697. The SMILES string of the molecule is CC(C(=O)Nc1cccc(CS(=O)(=O)NC(C)(C)C)c1)C1CNC1.Cl. The van der Waals surface area contributed by atoms with Crippen LogP contribution in [0.15, 0.2) is 24.3 Å². The van der Waals surface area contributed by atoms with Gasteiger partial charge in [-0.05, 0) is 57.5 Å². The normalized spacial score (nSPS) is 16.5. The molecule has 6 nitrogen and oxygen atoms in total. The molecule has 1 amide bonds. The van der Waals surface area contributed by atoms with Crippen LogP contribution in [-0.2, 0) is 20.6 Å². The number of rotatable bonds is 6. The van der Waals surface area contributed by atoms with Gasteiger partial charge in [0, 0.05) is 17.1 Å². The van der Waals surface area contributed by atoms with E-state index in [9.17, 15) is 13.2 Å². The number of nitrogens with one attached hydrogen (secondary N) is 3. The summed E-state index contributed by atoms with van der Waals surface area (Å²) in [5.41, 5.74) is 0.752. The van der Waals surface area contributed by atoms with Crippen LogP contribution in [0.1, 0.15) is 33.3 Å². The summed E-state index contributed by atoms with van der Waals surface area (Å²) in [6.45, 7) is 9.06. The number of halogens is 1. The molecule has 0 aliphatic carbocycles. The highest BCUT2D eigenvalue weighted by molar-refractivity contribution is 7.88. The fraction of sp³-hybridized carbons (Fsp3) is 0.588. The van der Waals surface area contributed by atoms with Crippen molar-refractivity contribution in [3.63, 3.8) is 0 Å². The highest BCUT2D eigenvalue weighted by Gasteiger charge is 2.28. The Hall–Kier alpha value is -1.15. The van der Waals surface area contributed by atoms with E-state index in [4.69, 9.17) is 0 Å². The Morgan fingerprint density at radius 2 is 1.96 bits per heavy atom. The molecule has 0 aromatic heterocycles. The van der Waals surface area contributed by atoms with Crippen LogP contribution in [0.25, 0.3) is 0 Å². The molecule has 3 N–H and O–H groups in total. The van der Waals surface area contributed by atoms with Crippen molar-refractivity contribution in [3.8, 4) is 0 Å². The number of hydrogen-bond donors (Lipinski definition) is 3. The molecule has 0 saturated carbocycles. The first-order valence-corrected chi connectivity index (χ1v) is 9.83. The standard InChI is InChI=1S/C17H27N3O3S.ClH/c1-12(14-9-18-10-14)16(21)19-15-7-5-6-13(8-15)11-24(22,23)20-17(2,3)4;/h5-8,12,14,18,20H,9-11H2,1-4H3,(H,19,21);1H. The maximum atomic E-state index is 12.3. The van der Waals surface area contributed by atoms with Crippen molar-refractivity contribution < 1.29 is 13.2 Å². The first-order valence-electron chi connectivity index (χ1n) is 8.18. The van der Waals surface area contributed by atoms with Crippen molar-refractivity contribution in [1.29, 1.82) is 0 Å². The van der Waals surface area contributed by atoms with Gasteiger partial charge in [0.15, 0.2) is 0 Å². The second-order valence-electron chi connectivity index (χ2n) is 7.51. The molecule has 1 aromatic rings. The fourth-order valence-corrected chi connectivity index (χ4v) is 4.22. The first kappa shape index (κ1) is 21.9. The Kier molecular flexibility index (Phi) is 7.43. The van der Waals surface area contributed by atoms with Gasteiger partial charge in [-0.15, -0.1) is 12.4 Å². The van der Waals surface area contributed by atoms with Crippen LogP contribution >= 0.6 is 12.4 Å².